The minimum absolute atomic E-state index is 0.0440. The molecule has 0 unspecified atom stereocenters. The molecule has 2 rings (SSSR count). The third-order valence-electron chi connectivity index (χ3n) is 2.92. The van der Waals surface area contributed by atoms with E-state index in [-0.39, 0.29) is 5.91 Å². The van der Waals surface area contributed by atoms with Gasteiger partial charge in [-0.25, -0.2) is 0 Å². The summed E-state index contributed by atoms with van der Waals surface area (Å²) in [5, 5.41) is 2.91. The lowest BCUT2D eigenvalue weighted by molar-refractivity contribution is 0.0940. The van der Waals surface area contributed by atoms with Crippen LogP contribution in [0.1, 0.15) is 23.8 Å². The lowest BCUT2D eigenvalue weighted by atomic mass is 10.3. The second-order valence-corrected chi connectivity index (χ2v) is 5.89. The van der Waals surface area contributed by atoms with Crippen LogP contribution in [0.15, 0.2) is 12.1 Å². The zero-order chi connectivity index (χ0) is 13.8. The van der Waals surface area contributed by atoms with E-state index in [2.05, 4.69) is 5.32 Å². The van der Waals surface area contributed by atoms with Gasteiger partial charge in [0.25, 0.3) is 5.91 Å². The third kappa shape index (κ3) is 3.11. The fourth-order valence-corrected chi connectivity index (χ4v) is 3.23. The number of nitrogens with one attached hydrogen (secondary N) is 1. The van der Waals surface area contributed by atoms with Crippen molar-refractivity contribution in [3.63, 3.8) is 0 Å². The number of ether oxygens (including phenoxy) is 1. The molecule has 0 atom stereocenters. The molecule has 0 aromatic carbocycles. The molecule has 2 aromatic heterocycles. The SMILES string of the molecule is CCn1c(C(=O)NCCCOC)cc2sc(Cl)cc21. The molecule has 1 N–H and O–H groups in total. The van der Waals surface area contributed by atoms with Crippen LogP contribution in [-0.4, -0.2) is 30.7 Å². The van der Waals surface area contributed by atoms with Crippen LogP contribution in [0.25, 0.3) is 10.2 Å². The van der Waals surface area contributed by atoms with Gasteiger partial charge >= 0.3 is 0 Å². The second kappa shape index (κ2) is 6.41. The van der Waals surface area contributed by atoms with Crippen molar-refractivity contribution in [3.8, 4) is 0 Å². The second-order valence-electron chi connectivity index (χ2n) is 4.18. The van der Waals surface area contributed by atoms with Gasteiger partial charge in [-0.3, -0.25) is 4.79 Å². The van der Waals surface area contributed by atoms with Crippen molar-refractivity contribution in [2.24, 2.45) is 0 Å². The van der Waals surface area contributed by atoms with E-state index >= 15 is 0 Å². The van der Waals surface area contributed by atoms with Crippen LogP contribution < -0.4 is 5.32 Å². The largest absolute Gasteiger partial charge is 0.385 e. The standard InChI is InChI=1S/C13H17ClN2O2S/c1-3-16-9-8-12(14)19-11(9)7-10(16)13(17)15-5-4-6-18-2/h7-8H,3-6H2,1-2H3,(H,15,17). The molecule has 0 fully saturated rings. The summed E-state index contributed by atoms with van der Waals surface area (Å²) in [6.45, 7) is 4.04. The molecular formula is C13H17ClN2O2S. The molecule has 0 aliphatic rings. The Bertz CT molecular complexity index is 576. The number of carbonyl (C=O) groups excluding carboxylic acids is 1. The van der Waals surface area contributed by atoms with E-state index < -0.39 is 0 Å². The Morgan fingerprint density at radius 2 is 2.32 bits per heavy atom. The molecule has 0 aliphatic carbocycles. The first-order valence-electron chi connectivity index (χ1n) is 6.23. The predicted octanol–water partition coefficient (Wildman–Crippen LogP) is 3.14. The summed E-state index contributed by atoms with van der Waals surface area (Å²) in [5.74, 6) is -0.0440. The van der Waals surface area contributed by atoms with Crippen molar-refractivity contribution < 1.29 is 9.53 Å². The highest BCUT2D eigenvalue weighted by atomic mass is 35.5. The Balaban J connectivity index is 2.14. The van der Waals surface area contributed by atoms with Gasteiger partial charge in [-0.2, -0.15) is 0 Å². The molecule has 0 bridgehead atoms. The van der Waals surface area contributed by atoms with E-state index in [0.29, 0.717) is 18.8 Å². The van der Waals surface area contributed by atoms with Crippen molar-refractivity contribution >= 4 is 39.1 Å². The van der Waals surface area contributed by atoms with Gasteiger partial charge in [0.1, 0.15) is 5.69 Å². The first-order chi connectivity index (χ1) is 9.17. The van der Waals surface area contributed by atoms with E-state index in [1.165, 1.54) is 11.3 Å². The van der Waals surface area contributed by atoms with Gasteiger partial charge < -0.3 is 14.6 Å². The van der Waals surface area contributed by atoms with Crippen molar-refractivity contribution in [2.45, 2.75) is 19.9 Å². The number of fused-ring (bicyclic) bond motifs is 1. The van der Waals surface area contributed by atoms with Crippen molar-refractivity contribution in [1.82, 2.24) is 9.88 Å². The van der Waals surface area contributed by atoms with Crippen LogP contribution in [0.2, 0.25) is 4.34 Å². The van der Waals surface area contributed by atoms with E-state index in [1.54, 1.807) is 7.11 Å². The highest BCUT2D eigenvalue weighted by Gasteiger charge is 2.16. The Kier molecular flexibility index (Phi) is 4.85. The maximum absolute atomic E-state index is 12.1. The van der Waals surface area contributed by atoms with Gasteiger partial charge in [0.05, 0.1) is 14.6 Å². The summed E-state index contributed by atoms with van der Waals surface area (Å²) >= 11 is 7.49. The molecular weight excluding hydrogens is 284 g/mol. The average molecular weight is 301 g/mol. The number of amides is 1. The third-order valence-corrected chi connectivity index (χ3v) is 4.12. The molecule has 19 heavy (non-hydrogen) atoms. The molecule has 0 aliphatic heterocycles. The summed E-state index contributed by atoms with van der Waals surface area (Å²) in [5.41, 5.74) is 1.72. The minimum atomic E-state index is -0.0440. The Morgan fingerprint density at radius 1 is 1.53 bits per heavy atom. The highest BCUT2D eigenvalue weighted by Crippen LogP contribution is 2.32. The Hall–Kier alpha value is -1.04. The summed E-state index contributed by atoms with van der Waals surface area (Å²) in [6, 6.07) is 3.81. The van der Waals surface area contributed by atoms with Crippen LogP contribution in [0.4, 0.5) is 0 Å². The fourth-order valence-electron chi connectivity index (χ4n) is 2.05. The normalized spacial score (nSPS) is 11.1. The molecule has 2 heterocycles. The predicted molar refractivity (Wildman–Crippen MR) is 79.3 cm³/mol. The molecule has 0 spiro atoms. The number of aryl methyl sites for hydroxylation is 1. The smallest absolute Gasteiger partial charge is 0.267 e. The first-order valence-corrected chi connectivity index (χ1v) is 7.42. The molecule has 6 heteroatoms. The van der Waals surface area contributed by atoms with E-state index in [1.807, 2.05) is 23.6 Å². The van der Waals surface area contributed by atoms with Gasteiger partial charge in [-0.05, 0) is 25.5 Å². The highest BCUT2D eigenvalue weighted by molar-refractivity contribution is 7.22. The minimum Gasteiger partial charge on any atom is -0.385 e. The van der Waals surface area contributed by atoms with Gasteiger partial charge in [-0.15, -0.1) is 11.3 Å². The molecule has 0 radical (unpaired) electrons. The number of aromatic nitrogens is 1. The van der Waals surface area contributed by atoms with E-state index in [4.69, 9.17) is 16.3 Å². The number of hydrogen-bond donors (Lipinski definition) is 1. The molecule has 0 saturated heterocycles. The van der Waals surface area contributed by atoms with Gasteiger partial charge in [0.2, 0.25) is 0 Å². The number of nitrogens with zero attached hydrogens (tertiary/aromatic N) is 1. The quantitative estimate of drug-likeness (QED) is 0.833. The molecule has 104 valence electrons. The van der Waals surface area contributed by atoms with Crippen molar-refractivity contribution in [1.29, 1.82) is 0 Å². The topological polar surface area (TPSA) is 43.3 Å². The van der Waals surface area contributed by atoms with Crippen LogP contribution in [0, 0.1) is 0 Å². The van der Waals surface area contributed by atoms with Crippen LogP contribution >= 0.6 is 22.9 Å². The summed E-state index contributed by atoms with van der Waals surface area (Å²) in [6.07, 6.45) is 0.815. The van der Waals surface area contributed by atoms with Crippen LogP contribution in [-0.2, 0) is 11.3 Å². The molecule has 1 amide bonds. The Morgan fingerprint density at radius 3 is 3.00 bits per heavy atom. The maximum atomic E-state index is 12.1. The molecule has 4 nitrogen and oxygen atoms in total. The molecule has 0 saturated carbocycles. The van der Waals surface area contributed by atoms with Crippen LogP contribution in [0.3, 0.4) is 0 Å². The van der Waals surface area contributed by atoms with Gasteiger partial charge in [0.15, 0.2) is 0 Å². The molecule has 2 aromatic rings. The number of thiophene rings is 1. The van der Waals surface area contributed by atoms with E-state index in [0.717, 1.165) is 27.5 Å². The number of methoxy groups -OCH3 is 1. The van der Waals surface area contributed by atoms with Crippen molar-refractivity contribution in [2.75, 3.05) is 20.3 Å². The monoisotopic (exact) mass is 300 g/mol. The zero-order valence-electron chi connectivity index (χ0n) is 11.0. The first kappa shape index (κ1) is 14.4. The lowest BCUT2D eigenvalue weighted by Crippen LogP contribution is -2.27. The van der Waals surface area contributed by atoms with E-state index in [9.17, 15) is 4.79 Å². The maximum Gasteiger partial charge on any atom is 0.267 e. The Labute approximate surface area is 121 Å². The van der Waals surface area contributed by atoms with Gasteiger partial charge in [-0.1, -0.05) is 11.6 Å². The number of hydrogen-bond acceptors (Lipinski definition) is 3. The average Bonchev–Trinajstić information content (AvgIpc) is 2.89. The number of rotatable bonds is 6. The number of halogens is 1. The lowest BCUT2D eigenvalue weighted by Gasteiger charge is -2.08. The fraction of sp³-hybridized carbons (Fsp3) is 0.462. The van der Waals surface area contributed by atoms with Crippen molar-refractivity contribution in [3.05, 3.63) is 22.2 Å². The zero-order valence-corrected chi connectivity index (χ0v) is 12.6. The van der Waals surface area contributed by atoms with Crippen LogP contribution in [0.5, 0.6) is 0 Å². The summed E-state index contributed by atoms with van der Waals surface area (Å²) in [4.78, 5) is 12.1. The summed E-state index contributed by atoms with van der Waals surface area (Å²) < 4.78 is 8.74. The number of carbonyl (C=O) groups is 1. The van der Waals surface area contributed by atoms with Gasteiger partial charge in [0, 0.05) is 26.8 Å². The summed E-state index contributed by atoms with van der Waals surface area (Å²) in [7, 11) is 1.65.